The Bertz CT molecular complexity index is 347. The van der Waals surface area contributed by atoms with Crippen LogP contribution in [0.3, 0.4) is 0 Å². The van der Waals surface area contributed by atoms with Gasteiger partial charge in [0.1, 0.15) is 5.60 Å². The highest BCUT2D eigenvalue weighted by atomic mass is 16.6. The molecule has 0 amide bonds. The molecule has 1 aliphatic carbocycles. The van der Waals surface area contributed by atoms with Gasteiger partial charge >= 0.3 is 11.9 Å². The van der Waals surface area contributed by atoms with Gasteiger partial charge in [0.2, 0.25) is 0 Å². The molecule has 1 saturated carbocycles. The first-order valence-electron chi connectivity index (χ1n) is 5.64. The van der Waals surface area contributed by atoms with Crippen molar-refractivity contribution in [3.63, 3.8) is 0 Å². The van der Waals surface area contributed by atoms with Crippen molar-refractivity contribution in [2.24, 2.45) is 17.3 Å². The number of carbonyl (C=O) groups is 2. The molecule has 0 aromatic carbocycles. The Balaban J connectivity index is 2.38. The molecule has 1 saturated heterocycles. The van der Waals surface area contributed by atoms with Gasteiger partial charge in [-0.05, 0) is 19.8 Å². The summed E-state index contributed by atoms with van der Waals surface area (Å²) in [6.45, 7) is 5.95. The molecule has 2 aliphatic rings. The third-order valence-electron chi connectivity index (χ3n) is 4.56. The highest BCUT2D eigenvalue weighted by Crippen LogP contribution is 2.57. The molecule has 3 atom stereocenters. The summed E-state index contributed by atoms with van der Waals surface area (Å²) < 4.78 is 10.2. The van der Waals surface area contributed by atoms with Gasteiger partial charge in [-0.15, -0.1) is 0 Å². The summed E-state index contributed by atoms with van der Waals surface area (Å²) in [6.07, 6.45) is 1.39. The minimum absolute atomic E-state index is 0.250. The van der Waals surface area contributed by atoms with Crippen LogP contribution in [0.1, 0.15) is 33.6 Å². The second-order valence-corrected chi connectivity index (χ2v) is 5.52. The molecule has 2 bridgehead atoms. The van der Waals surface area contributed by atoms with Crippen molar-refractivity contribution in [3.8, 4) is 0 Å². The molecule has 0 unspecified atom stereocenters. The maximum absolute atomic E-state index is 11.9. The molecular formula is C12H18O4. The number of hydrogen-bond acceptors (Lipinski definition) is 4. The molecule has 1 heterocycles. The van der Waals surface area contributed by atoms with E-state index in [1.165, 1.54) is 7.11 Å². The average Bonchev–Trinajstić information content (AvgIpc) is 2.34. The van der Waals surface area contributed by atoms with Crippen LogP contribution in [0.5, 0.6) is 0 Å². The molecule has 90 valence electrons. The lowest BCUT2D eigenvalue weighted by atomic mass is 9.58. The zero-order chi connectivity index (χ0) is 12.1. The second kappa shape index (κ2) is 3.22. The van der Waals surface area contributed by atoms with E-state index in [2.05, 4.69) is 0 Å². The number of methoxy groups -OCH3 is 1. The fourth-order valence-electron chi connectivity index (χ4n) is 3.08. The summed E-state index contributed by atoms with van der Waals surface area (Å²) in [5.41, 5.74) is -0.736. The Morgan fingerprint density at radius 3 is 2.62 bits per heavy atom. The first-order chi connectivity index (χ1) is 7.33. The molecule has 16 heavy (non-hydrogen) atoms. The second-order valence-electron chi connectivity index (χ2n) is 5.52. The highest BCUT2D eigenvalue weighted by Gasteiger charge is 2.65. The number of rotatable bonds is 1. The van der Waals surface area contributed by atoms with Crippen LogP contribution in [0.4, 0.5) is 0 Å². The van der Waals surface area contributed by atoms with E-state index in [1.54, 1.807) is 0 Å². The molecule has 0 spiro atoms. The minimum atomic E-state index is -0.431. The fourth-order valence-corrected chi connectivity index (χ4v) is 3.08. The zero-order valence-electron chi connectivity index (χ0n) is 10.2. The molecule has 2 rings (SSSR count). The third-order valence-corrected chi connectivity index (χ3v) is 4.56. The van der Waals surface area contributed by atoms with Crippen molar-refractivity contribution < 1.29 is 19.1 Å². The molecule has 0 aromatic heterocycles. The molecule has 0 N–H and O–H groups in total. The van der Waals surface area contributed by atoms with Crippen LogP contribution in [0.25, 0.3) is 0 Å². The Hall–Kier alpha value is -1.06. The lowest BCUT2D eigenvalue weighted by Crippen LogP contribution is -2.49. The van der Waals surface area contributed by atoms with E-state index < -0.39 is 5.60 Å². The summed E-state index contributed by atoms with van der Waals surface area (Å²) in [4.78, 5) is 23.5. The quantitative estimate of drug-likeness (QED) is 0.636. The Morgan fingerprint density at radius 1 is 1.44 bits per heavy atom. The lowest BCUT2D eigenvalue weighted by molar-refractivity contribution is -0.154. The van der Waals surface area contributed by atoms with Crippen LogP contribution in [0.15, 0.2) is 0 Å². The third kappa shape index (κ3) is 1.22. The summed E-state index contributed by atoms with van der Waals surface area (Å²) in [6, 6.07) is 0. The van der Waals surface area contributed by atoms with Gasteiger partial charge in [0, 0.05) is 5.41 Å². The van der Waals surface area contributed by atoms with E-state index in [-0.39, 0.29) is 29.2 Å². The number of ether oxygens (including phenoxy) is 2. The van der Waals surface area contributed by atoms with Gasteiger partial charge < -0.3 is 9.47 Å². The topological polar surface area (TPSA) is 52.6 Å². The van der Waals surface area contributed by atoms with Gasteiger partial charge in [-0.1, -0.05) is 13.8 Å². The summed E-state index contributed by atoms with van der Waals surface area (Å²) in [7, 11) is 1.36. The van der Waals surface area contributed by atoms with Crippen LogP contribution in [-0.2, 0) is 19.1 Å². The largest absolute Gasteiger partial charge is 0.469 e. The SMILES string of the molecule is COC(=O)[C@H]1CC[C@@]2(C)OC(=O)[C@@H]1C2(C)C. The number of fused-ring (bicyclic) bond motifs is 2. The van der Waals surface area contributed by atoms with Crippen LogP contribution in [0.2, 0.25) is 0 Å². The van der Waals surface area contributed by atoms with Gasteiger partial charge in [0.05, 0.1) is 18.9 Å². The molecule has 4 heteroatoms. The van der Waals surface area contributed by atoms with Crippen molar-refractivity contribution in [1.82, 2.24) is 0 Å². The van der Waals surface area contributed by atoms with Crippen molar-refractivity contribution >= 4 is 11.9 Å². The first-order valence-corrected chi connectivity index (χ1v) is 5.64. The van der Waals surface area contributed by atoms with E-state index in [9.17, 15) is 9.59 Å². The maximum atomic E-state index is 11.9. The van der Waals surface area contributed by atoms with Crippen molar-refractivity contribution in [3.05, 3.63) is 0 Å². The Morgan fingerprint density at radius 2 is 2.06 bits per heavy atom. The van der Waals surface area contributed by atoms with E-state index in [0.29, 0.717) is 6.42 Å². The van der Waals surface area contributed by atoms with Gasteiger partial charge in [-0.3, -0.25) is 9.59 Å². The minimum Gasteiger partial charge on any atom is -0.469 e. The number of hydrogen-bond donors (Lipinski definition) is 0. The standard InChI is InChI=1S/C12H18O4/c1-11(2)8-7(9(13)15-4)5-6-12(11,3)16-10(8)14/h7-8H,5-6H2,1-4H3/t7-,8+,12+/m0/s1. The summed E-state index contributed by atoms with van der Waals surface area (Å²) in [5, 5.41) is 0. The summed E-state index contributed by atoms with van der Waals surface area (Å²) in [5.74, 6) is -1.25. The molecule has 4 nitrogen and oxygen atoms in total. The van der Waals surface area contributed by atoms with Crippen LogP contribution in [0, 0.1) is 17.3 Å². The molecule has 1 aliphatic heterocycles. The van der Waals surface area contributed by atoms with Crippen molar-refractivity contribution in [2.45, 2.75) is 39.2 Å². The van der Waals surface area contributed by atoms with Crippen LogP contribution >= 0.6 is 0 Å². The monoisotopic (exact) mass is 226 g/mol. The van der Waals surface area contributed by atoms with E-state index in [4.69, 9.17) is 9.47 Å². The van der Waals surface area contributed by atoms with E-state index in [0.717, 1.165) is 6.42 Å². The van der Waals surface area contributed by atoms with Gasteiger partial charge in [0.15, 0.2) is 0 Å². The van der Waals surface area contributed by atoms with Gasteiger partial charge in [-0.2, -0.15) is 0 Å². The molecular weight excluding hydrogens is 208 g/mol. The number of carbonyl (C=O) groups excluding carboxylic acids is 2. The van der Waals surface area contributed by atoms with Gasteiger partial charge in [0.25, 0.3) is 0 Å². The lowest BCUT2D eigenvalue weighted by Gasteiger charge is -2.44. The predicted molar refractivity (Wildman–Crippen MR) is 56.5 cm³/mol. The van der Waals surface area contributed by atoms with E-state index >= 15 is 0 Å². The number of esters is 2. The fraction of sp³-hybridized carbons (Fsp3) is 0.833. The first kappa shape index (κ1) is 11.4. The average molecular weight is 226 g/mol. The molecule has 0 radical (unpaired) electrons. The molecule has 2 fully saturated rings. The highest BCUT2D eigenvalue weighted by molar-refractivity contribution is 5.85. The van der Waals surface area contributed by atoms with Crippen molar-refractivity contribution in [2.75, 3.05) is 7.11 Å². The zero-order valence-corrected chi connectivity index (χ0v) is 10.2. The van der Waals surface area contributed by atoms with Crippen LogP contribution < -0.4 is 0 Å². The van der Waals surface area contributed by atoms with Crippen LogP contribution in [-0.4, -0.2) is 24.6 Å². The van der Waals surface area contributed by atoms with E-state index in [1.807, 2.05) is 20.8 Å². The molecule has 0 aromatic rings. The Labute approximate surface area is 95.3 Å². The predicted octanol–water partition coefficient (Wildman–Crippen LogP) is 1.53. The Kier molecular flexibility index (Phi) is 2.30. The van der Waals surface area contributed by atoms with Crippen molar-refractivity contribution in [1.29, 1.82) is 0 Å². The summed E-state index contributed by atoms with van der Waals surface area (Å²) >= 11 is 0. The normalized spacial score (nSPS) is 40.4. The maximum Gasteiger partial charge on any atom is 0.311 e. The smallest absolute Gasteiger partial charge is 0.311 e. The van der Waals surface area contributed by atoms with Gasteiger partial charge in [-0.25, -0.2) is 0 Å².